The van der Waals surface area contributed by atoms with E-state index in [-0.39, 0.29) is 11.9 Å². The van der Waals surface area contributed by atoms with Crippen LogP contribution >= 0.6 is 0 Å². The van der Waals surface area contributed by atoms with Gasteiger partial charge in [0.25, 0.3) is 0 Å². The normalized spacial score (nSPS) is 31.8. The van der Waals surface area contributed by atoms with Crippen LogP contribution in [0.3, 0.4) is 0 Å². The molecule has 2 aliphatic carbocycles. The number of carbonyl (C=O) groups is 1. The summed E-state index contributed by atoms with van der Waals surface area (Å²) in [5.74, 6) is 1.67. The summed E-state index contributed by atoms with van der Waals surface area (Å²) in [5, 5.41) is 15.5. The standard InChI is InChI=1S/C27H32N2O3/c30-25-10-11-27(31)24-14-21-8-9-22(32-17-20-4-2-1-3-5-20)15-23(21)26(27,18-28-25)12-13-29(24)16-19-6-7-19/h1-5,8-9,15,19,24,31H,6-7,10-14,16-18H2,(H,28,30)/t24-,26-,27-/m1/s1. The molecule has 2 aliphatic heterocycles. The first-order chi connectivity index (χ1) is 15.6. The zero-order valence-corrected chi connectivity index (χ0v) is 18.6. The summed E-state index contributed by atoms with van der Waals surface area (Å²) in [4.78, 5) is 14.9. The third-order valence-corrected chi connectivity index (χ3v) is 8.42. The van der Waals surface area contributed by atoms with E-state index in [2.05, 4.69) is 40.5 Å². The topological polar surface area (TPSA) is 61.8 Å². The number of carbonyl (C=O) groups excluding carboxylic acids is 1. The molecule has 0 radical (unpaired) electrons. The van der Waals surface area contributed by atoms with Crippen LogP contribution in [0.5, 0.6) is 5.75 Å². The Morgan fingerprint density at radius 2 is 1.97 bits per heavy atom. The van der Waals surface area contributed by atoms with Crippen molar-refractivity contribution in [3.63, 3.8) is 0 Å². The molecule has 0 spiro atoms. The van der Waals surface area contributed by atoms with Crippen molar-refractivity contribution in [3.8, 4) is 5.75 Å². The molecule has 0 aromatic heterocycles. The molecule has 5 heteroatoms. The molecule has 2 bridgehead atoms. The van der Waals surface area contributed by atoms with Crippen molar-refractivity contribution in [3.05, 3.63) is 65.2 Å². The highest BCUT2D eigenvalue weighted by Crippen LogP contribution is 2.55. The lowest BCUT2D eigenvalue weighted by molar-refractivity contribution is -0.147. The first-order valence-corrected chi connectivity index (χ1v) is 12.1. The number of hydrogen-bond donors (Lipinski definition) is 2. The Labute approximate surface area is 189 Å². The highest BCUT2D eigenvalue weighted by molar-refractivity contribution is 5.77. The van der Waals surface area contributed by atoms with E-state index >= 15 is 0 Å². The highest BCUT2D eigenvalue weighted by atomic mass is 16.5. The van der Waals surface area contributed by atoms with Gasteiger partial charge in [0.2, 0.25) is 5.91 Å². The number of piperidine rings is 1. The summed E-state index contributed by atoms with van der Waals surface area (Å²) in [6.45, 7) is 3.09. The van der Waals surface area contributed by atoms with Gasteiger partial charge in [-0.1, -0.05) is 36.4 Å². The summed E-state index contributed by atoms with van der Waals surface area (Å²) in [7, 11) is 0. The Morgan fingerprint density at radius 1 is 1.12 bits per heavy atom. The van der Waals surface area contributed by atoms with E-state index < -0.39 is 11.0 Å². The van der Waals surface area contributed by atoms with Gasteiger partial charge in [0, 0.05) is 31.0 Å². The molecule has 1 saturated carbocycles. The zero-order valence-electron chi connectivity index (χ0n) is 18.6. The second-order valence-electron chi connectivity index (χ2n) is 10.3. The maximum atomic E-state index is 12.4. The number of benzene rings is 2. The quantitative estimate of drug-likeness (QED) is 0.762. The van der Waals surface area contributed by atoms with Gasteiger partial charge in [0.1, 0.15) is 12.4 Å². The molecule has 168 valence electrons. The van der Waals surface area contributed by atoms with E-state index in [1.807, 2.05) is 18.2 Å². The first kappa shape index (κ1) is 20.3. The van der Waals surface area contributed by atoms with Crippen LogP contribution in [0.15, 0.2) is 48.5 Å². The van der Waals surface area contributed by atoms with Crippen LogP contribution in [0, 0.1) is 5.92 Å². The third kappa shape index (κ3) is 3.25. The molecule has 2 N–H and O–H groups in total. The Kier molecular flexibility index (Phi) is 4.81. The maximum Gasteiger partial charge on any atom is 0.220 e. The molecular weight excluding hydrogens is 400 g/mol. The molecule has 0 unspecified atom stereocenters. The average Bonchev–Trinajstić information content (AvgIpc) is 3.64. The number of nitrogens with one attached hydrogen (secondary N) is 1. The van der Waals surface area contributed by atoms with E-state index in [1.165, 1.54) is 24.0 Å². The summed E-state index contributed by atoms with van der Waals surface area (Å²) in [6.07, 6.45) is 5.25. The van der Waals surface area contributed by atoms with Crippen molar-refractivity contribution in [2.24, 2.45) is 5.92 Å². The largest absolute Gasteiger partial charge is 0.489 e. The van der Waals surface area contributed by atoms with Crippen molar-refractivity contribution in [1.29, 1.82) is 0 Å². The minimum Gasteiger partial charge on any atom is -0.489 e. The summed E-state index contributed by atoms with van der Waals surface area (Å²) in [5.41, 5.74) is 2.25. The molecule has 3 fully saturated rings. The number of rotatable bonds is 5. The fourth-order valence-corrected chi connectivity index (χ4v) is 6.45. The minimum absolute atomic E-state index is 0.0552. The van der Waals surface area contributed by atoms with Crippen LogP contribution < -0.4 is 10.1 Å². The van der Waals surface area contributed by atoms with Gasteiger partial charge in [0.15, 0.2) is 0 Å². The summed E-state index contributed by atoms with van der Waals surface area (Å²) in [6, 6.07) is 16.7. The SMILES string of the molecule is O=C1CC[C@@]2(O)[C@H]3Cc4ccc(OCc5ccccc5)cc4[C@@]2(CCN3CC2CC2)CN1. The molecule has 4 aliphatic rings. The van der Waals surface area contributed by atoms with E-state index in [0.717, 1.165) is 43.2 Å². The van der Waals surface area contributed by atoms with E-state index in [9.17, 15) is 9.90 Å². The molecule has 6 rings (SSSR count). The second-order valence-corrected chi connectivity index (χ2v) is 10.3. The van der Waals surface area contributed by atoms with Crippen molar-refractivity contribution < 1.29 is 14.6 Å². The summed E-state index contributed by atoms with van der Waals surface area (Å²) < 4.78 is 6.16. The van der Waals surface area contributed by atoms with Gasteiger partial charge in [-0.25, -0.2) is 0 Å². The third-order valence-electron chi connectivity index (χ3n) is 8.42. The van der Waals surface area contributed by atoms with Crippen LogP contribution in [0.25, 0.3) is 0 Å². The smallest absolute Gasteiger partial charge is 0.220 e. The Hall–Kier alpha value is -2.37. The van der Waals surface area contributed by atoms with Gasteiger partial charge in [-0.15, -0.1) is 0 Å². The number of aliphatic hydroxyl groups is 1. The molecule has 2 heterocycles. The van der Waals surface area contributed by atoms with Gasteiger partial charge in [-0.3, -0.25) is 9.69 Å². The number of hydrogen-bond acceptors (Lipinski definition) is 4. The number of likely N-dealkylation sites (tertiary alicyclic amines) is 1. The molecule has 1 amide bonds. The number of ether oxygens (including phenoxy) is 1. The van der Waals surface area contributed by atoms with Gasteiger partial charge >= 0.3 is 0 Å². The number of nitrogens with zero attached hydrogens (tertiary/aromatic N) is 1. The van der Waals surface area contributed by atoms with Crippen LogP contribution in [-0.4, -0.2) is 47.2 Å². The lowest BCUT2D eigenvalue weighted by atomic mass is 9.53. The fraction of sp³-hybridized carbons (Fsp3) is 0.519. The minimum atomic E-state index is -0.898. The van der Waals surface area contributed by atoms with Crippen LogP contribution in [0.1, 0.15) is 48.8 Å². The van der Waals surface area contributed by atoms with Crippen molar-refractivity contribution in [1.82, 2.24) is 10.2 Å². The van der Waals surface area contributed by atoms with E-state index in [4.69, 9.17) is 4.74 Å². The number of fused-ring (bicyclic) bond motifs is 1. The van der Waals surface area contributed by atoms with Crippen LogP contribution in [0.4, 0.5) is 0 Å². The lowest BCUT2D eigenvalue weighted by Crippen LogP contribution is -2.73. The van der Waals surface area contributed by atoms with Gasteiger partial charge < -0.3 is 15.2 Å². The molecule has 3 atom stereocenters. The Bertz CT molecular complexity index is 1020. The van der Waals surface area contributed by atoms with Crippen molar-refractivity contribution in [2.75, 3.05) is 19.6 Å². The highest BCUT2D eigenvalue weighted by Gasteiger charge is 2.63. The predicted molar refractivity (Wildman–Crippen MR) is 122 cm³/mol. The summed E-state index contributed by atoms with van der Waals surface area (Å²) >= 11 is 0. The molecule has 2 aromatic carbocycles. The first-order valence-electron chi connectivity index (χ1n) is 12.1. The average molecular weight is 433 g/mol. The maximum absolute atomic E-state index is 12.4. The Balaban J connectivity index is 1.37. The zero-order chi connectivity index (χ0) is 21.8. The molecule has 32 heavy (non-hydrogen) atoms. The van der Waals surface area contributed by atoms with Crippen LogP contribution in [0.2, 0.25) is 0 Å². The van der Waals surface area contributed by atoms with E-state index in [1.54, 1.807) is 0 Å². The molecule has 2 saturated heterocycles. The van der Waals surface area contributed by atoms with Crippen molar-refractivity contribution in [2.45, 2.75) is 62.2 Å². The van der Waals surface area contributed by atoms with Crippen LogP contribution in [-0.2, 0) is 23.2 Å². The van der Waals surface area contributed by atoms with E-state index in [0.29, 0.717) is 26.0 Å². The lowest BCUT2D eigenvalue weighted by Gasteiger charge is -2.61. The van der Waals surface area contributed by atoms with Gasteiger partial charge in [-0.2, -0.15) is 0 Å². The number of amides is 1. The molecule has 2 aromatic rings. The monoisotopic (exact) mass is 432 g/mol. The van der Waals surface area contributed by atoms with Crippen molar-refractivity contribution >= 4 is 5.91 Å². The molecular formula is C27H32N2O3. The second kappa shape index (κ2) is 7.60. The predicted octanol–water partition coefficient (Wildman–Crippen LogP) is 3.18. The Morgan fingerprint density at radius 3 is 2.78 bits per heavy atom. The van der Waals surface area contributed by atoms with Gasteiger partial charge in [0.05, 0.1) is 5.60 Å². The molecule has 5 nitrogen and oxygen atoms in total. The fourth-order valence-electron chi connectivity index (χ4n) is 6.45. The van der Waals surface area contributed by atoms with Gasteiger partial charge in [-0.05, 0) is 73.4 Å².